The van der Waals surface area contributed by atoms with Crippen LogP contribution in [0, 0.1) is 12.8 Å². The van der Waals surface area contributed by atoms with Gasteiger partial charge in [0.25, 0.3) is 0 Å². The molecule has 1 aromatic rings. The Bertz CT molecular complexity index is 583. The van der Waals surface area contributed by atoms with Crippen molar-refractivity contribution in [2.45, 2.75) is 20.3 Å². The Balaban J connectivity index is 2.27. The number of rotatable bonds is 3. The lowest BCUT2D eigenvalue weighted by atomic mass is 10.1. The molecular formula is C14H17N3O3. The van der Waals surface area contributed by atoms with Crippen LogP contribution in [-0.2, 0) is 14.4 Å². The molecule has 0 bridgehead atoms. The number of anilines is 2. The van der Waals surface area contributed by atoms with Crippen LogP contribution in [0.25, 0.3) is 0 Å². The summed E-state index contributed by atoms with van der Waals surface area (Å²) in [5.41, 5.74) is 7.47. The molecule has 106 valence electrons. The number of benzene rings is 1. The molecule has 3 N–H and O–H groups in total. The summed E-state index contributed by atoms with van der Waals surface area (Å²) in [7, 11) is 0. The molecule has 6 heteroatoms. The highest BCUT2D eigenvalue weighted by molar-refractivity contribution is 6.01. The van der Waals surface area contributed by atoms with Gasteiger partial charge in [0.1, 0.15) is 0 Å². The smallest absolute Gasteiger partial charge is 0.227 e. The minimum atomic E-state index is -0.463. The molecule has 20 heavy (non-hydrogen) atoms. The molecule has 6 nitrogen and oxygen atoms in total. The summed E-state index contributed by atoms with van der Waals surface area (Å²) in [4.78, 5) is 35.8. The molecule has 0 spiro atoms. The molecule has 0 aliphatic carbocycles. The number of carbonyl (C=O) groups is 3. The fourth-order valence-corrected chi connectivity index (χ4v) is 2.25. The molecule has 3 amide bonds. The number of primary amides is 1. The van der Waals surface area contributed by atoms with E-state index in [9.17, 15) is 14.4 Å². The molecule has 2 rings (SSSR count). The fraction of sp³-hybridized carbons (Fsp3) is 0.357. The zero-order valence-electron chi connectivity index (χ0n) is 11.5. The Labute approximate surface area is 116 Å². The standard InChI is InChI=1S/C14H17N3O3/c1-8-3-4-11(6-12(8)16-9(2)18)17-7-10(14(15)20)5-13(17)19/h3-4,6,10H,5,7H2,1-2H3,(H2,15,20)(H,16,18). The summed E-state index contributed by atoms with van der Waals surface area (Å²) in [5.74, 6) is -1.22. The second kappa shape index (κ2) is 5.32. The van der Waals surface area contributed by atoms with Crippen LogP contribution in [0.2, 0.25) is 0 Å². The maximum atomic E-state index is 11.9. The highest BCUT2D eigenvalue weighted by Crippen LogP contribution is 2.28. The first-order valence-corrected chi connectivity index (χ1v) is 6.36. The van der Waals surface area contributed by atoms with Crippen molar-refractivity contribution in [3.63, 3.8) is 0 Å². The number of amides is 3. The lowest BCUT2D eigenvalue weighted by Gasteiger charge is -2.18. The van der Waals surface area contributed by atoms with Crippen molar-refractivity contribution in [3.05, 3.63) is 23.8 Å². The first kappa shape index (κ1) is 14.0. The number of hydrogen-bond donors (Lipinski definition) is 2. The molecule has 1 aromatic carbocycles. The van der Waals surface area contributed by atoms with Gasteiger partial charge in [-0.05, 0) is 24.6 Å². The molecule has 0 saturated carbocycles. The van der Waals surface area contributed by atoms with Gasteiger partial charge >= 0.3 is 0 Å². The number of carbonyl (C=O) groups excluding carboxylic acids is 3. The molecular weight excluding hydrogens is 258 g/mol. The van der Waals surface area contributed by atoms with Gasteiger partial charge in [-0.1, -0.05) is 6.07 Å². The van der Waals surface area contributed by atoms with E-state index in [0.717, 1.165) is 5.56 Å². The minimum absolute atomic E-state index is 0.133. The van der Waals surface area contributed by atoms with Crippen molar-refractivity contribution < 1.29 is 14.4 Å². The number of aryl methyl sites for hydroxylation is 1. The monoisotopic (exact) mass is 275 g/mol. The van der Waals surface area contributed by atoms with Gasteiger partial charge in [-0.25, -0.2) is 0 Å². The lowest BCUT2D eigenvalue weighted by Crippen LogP contribution is -2.28. The molecule has 0 radical (unpaired) electrons. The van der Waals surface area contributed by atoms with Gasteiger partial charge < -0.3 is 16.0 Å². The van der Waals surface area contributed by atoms with Crippen LogP contribution < -0.4 is 16.0 Å². The third-order valence-electron chi connectivity index (χ3n) is 3.37. The average molecular weight is 275 g/mol. The van der Waals surface area contributed by atoms with Gasteiger partial charge in [0.05, 0.1) is 5.92 Å². The number of nitrogens with one attached hydrogen (secondary N) is 1. The fourth-order valence-electron chi connectivity index (χ4n) is 2.25. The highest BCUT2D eigenvalue weighted by Gasteiger charge is 2.34. The number of nitrogens with two attached hydrogens (primary N) is 1. The van der Waals surface area contributed by atoms with Gasteiger partial charge in [0.2, 0.25) is 17.7 Å². The highest BCUT2D eigenvalue weighted by atomic mass is 16.2. The summed E-state index contributed by atoms with van der Waals surface area (Å²) in [6, 6.07) is 5.35. The Morgan fingerprint density at radius 2 is 2.10 bits per heavy atom. The van der Waals surface area contributed by atoms with Crippen LogP contribution in [0.3, 0.4) is 0 Å². The van der Waals surface area contributed by atoms with Crippen LogP contribution in [0.1, 0.15) is 18.9 Å². The second-order valence-corrected chi connectivity index (χ2v) is 4.99. The molecule has 1 aliphatic rings. The van der Waals surface area contributed by atoms with Crippen molar-refractivity contribution >= 4 is 29.1 Å². The van der Waals surface area contributed by atoms with E-state index in [0.29, 0.717) is 11.4 Å². The molecule has 1 atom stereocenters. The van der Waals surface area contributed by atoms with E-state index >= 15 is 0 Å². The Morgan fingerprint density at radius 1 is 1.40 bits per heavy atom. The van der Waals surface area contributed by atoms with E-state index in [1.807, 2.05) is 13.0 Å². The van der Waals surface area contributed by atoms with Crippen molar-refractivity contribution in [3.8, 4) is 0 Å². The third kappa shape index (κ3) is 2.79. The van der Waals surface area contributed by atoms with E-state index in [1.165, 1.54) is 11.8 Å². The van der Waals surface area contributed by atoms with Crippen LogP contribution >= 0.6 is 0 Å². The topological polar surface area (TPSA) is 92.5 Å². The molecule has 0 aromatic heterocycles. The van der Waals surface area contributed by atoms with E-state index < -0.39 is 11.8 Å². The molecule has 1 unspecified atom stereocenters. The summed E-state index contributed by atoms with van der Waals surface area (Å²) >= 11 is 0. The minimum Gasteiger partial charge on any atom is -0.369 e. The summed E-state index contributed by atoms with van der Waals surface area (Å²) in [6.07, 6.45) is 0.138. The summed E-state index contributed by atoms with van der Waals surface area (Å²) < 4.78 is 0. The lowest BCUT2D eigenvalue weighted by molar-refractivity contribution is -0.123. The van der Waals surface area contributed by atoms with Crippen LogP contribution in [0.5, 0.6) is 0 Å². The van der Waals surface area contributed by atoms with Gasteiger partial charge in [-0.2, -0.15) is 0 Å². The molecule has 1 fully saturated rings. The quantitative estimate of drug-likeness (QED) is 0.854. The van der Waals surface area contributed by atoms with E-state index in [1.54, 1.807) is 12.1 Å². The average Bonchev–Trinajstić information content (AvgIpc) is 2.74. The van der Waals surface area contributed by atoms with E-state index in [4.69, 9.17) is 5.73 Å². The zero-order chi connectivity index (χ0) is 14.9. The normalized spacial score (nSPS) is 18.2. The summed E-state index contributed by atoms with van der Waals surface area (Å²) in [6.45, 7) is 3.58. The predicted molar refractivity (Wildman–Crippen MR) is 75.1 cm³/mol. The largest absolute Gasteiger partial charge is 0.369 e. The van der Waals surface area contributed by atoms with Crippen molar-refractivity contribution in [1.82, 2.24) is 0 Å². The van der Waals surface area contributed by atoms with E-state index in [2.05, 4.69) is 5.32 Å². The Hall–Kier alpha value is -2.37. The van der Waals surface area contributed by atoms with Crippen molar-refractivity contribution in [2.75, 3.05) is 16.8 Å². The number of nitrogens with zero attached hydrogens (tertiary/aromatic N) is 1. The van der Waals surface area contributed by atoms with Crippen LogP contribution in [-0.4, -0.2) is 24.3 Å². The maximum absolute atomic E-state index is 11.9. The summed E-state index contributed by atoms with van der Waals surface area (Å²) in [5, 5.41) is 2.72. The predicted octanol–water partition coefficient (Wildman–Crippen LogP) is 0.792. The Morgan fingerprint density at radius 3 is 2.65 bits per heavy atom. The number of hydrogen-bond acceptors (Lipinski definition) is 3. The van der Waals surface area contributed by atoms with Gasteiger partial charge in [0, 0.05) is 31.3 Å². The first-order valence-electron chi connectivity index (χ1n) is 6.36. The SMILES string of the molecule is CC(=O)Nc1cc(N2CC(C(N)=O)CC2=O)ccc1C. The van der Waals surface area contributed by atoms with Gasteiger partial charge in [0.15, 0.2) is 0 Å². The van der Waals surface area contributed by atoms with Gasteiger partial charge in [-0.15, -0.1) is 0 Å². The molecule has 1 heterocycles. The zero-order valence-corrected chi connectivity index (χ0v) is 11.5. The first-order chi connectivity index (χ1) is 9.38. The van der Waals surface area contributed by atoms with E-state index in [-0.39, 0.29) is 24.8 Å². The van der Waals surface area contributed by atoms with Crippen molar-refractivity contribution in [1.29, 1.82) is 0 Å². The molecule has 1 saturated heterocycles. The third-order valence-corrected chi connectivity index (χ3v) is 3.37. The van der Waals surface area contributed by atoms with Gasteiger partial charge in [-0.3, -0.25) is 14.4 Å². The molecule has 1 aliphatic heterocycles. The van der Waals surface area contributed by atoms with Crippen LogP contribution in [0.15, 0.2) is 18.2 Å². The van der Waals surface area contributed by atoms with Crippen molar-refractivity contribution in [2.24, 2.45) is 11.7 Å². The second-order valence-electron chi connectivity index (χ2n) is 4.99. The Kier molecular flexibility index (Phi) is 3.74. The van der Waals surface area contributed by atoms with Crippen LogP contribution in [0.4, 0.5) is 11.4 Å². The maximum Gasteiger partial charge on any atom is 0.227 e.